The number of para-hydroxylation sites is 1. The number of esters is 1. The highest BCUT2D eigenvalue weighted by molar-refractivity contribution is 8.01. The number of aliphatic hydroxyl groups excluding tert-OH is 1. The summed E-state index contributed by atoms with van der Waals surface area (Å²) in [5.41, 5.74) is -1.70. The van der Waals surface area contributed by atoms with E-state index in [9.17, 15) is 24.3 Å². The Morgan fingerprint density at radius 3 is 2.39 bits per heavy atom. The average Bonchev–Trinajstić information content (AvgIpc) is 3.70. The van der Waals surface area contributed by atoms with Crippen LogP contribution in [-0.2, 0) is 38.1 Å². The molecule has 1 amide bonds. The summed E-state index contributed by atoms with van der Waals surface area (Å²) in [6.45, 7) is 14.3. The van der Waals surface area contributed by atoms with E-state index < -0.39 is 83.4 Å². The van der Waals surface area contributed by atoms with Gasteiger partial charge in [0.25, 0.3) is 0 Å². The van der Waals surface area contributed by atoms with Gasteiger partial charge in [0.15, 0.2) is 22.0 Å². The molecule has 13 nitrogen and oxygen atoms in total. The number of hydrogen-bond acceptors (Lipinski definition) is 14. The third-order valence-electron chi connectivity index (χ3n) is 12.2. The summed E-state index contributed by atoms with van der Waals surface area (Å²) in [7, 11) is 5.25. The Morgan fingerprint density at radius 2 is 1.75 bits per heavy atom. The molecular weight excluding hydrogens is 759 g/mol. The molecule has 3 fully saturated rings. The number of fused-ring (bicyclic) bond motifs is 2. The summed E-state index contributed by atoms with van der Waals surface area (Å²) >= 11 is 3.23. The van der Waals surface area contributed by atoms with Crippen molar-refractivity contribution in [1.29, 1.82) is 0 Å². The quantitative estimate of drug-likeness (QED) is 0.130. The van der Waals surface area contributed by atoms with Gasteiger partial charge in [-0.3, -0.25) is 14.4 Å². The maximum atomic E-state index is 14.7. The van der Waals surface area contributed by atoms with E-state index in [1.165, 1.54) is 14.0 Å². The van der Waals surface area contributed by atoms with Crippen LogP contribution in [0.1, 0.15) is 81.1 Å². The van der Waals surface area contributed by atoms with Crippen LogP contribution in [0, 0.1) is 23.7 Å². The lowest BCUT2D eigenvalue weighted by molar-refractivity contribution is -0.295. The van der Waals surface area contributed by atoms with Gasteiger partial charge in [0.1, 0.15) is 23.9 Å². The van der Waals surface area contributed by atoms with Crippen molar-refractivity contribution in [3.8, 4) is 0 Å². The molecule has 5 rings (SSSR count). The molecule has 3 aliphatic rings. The van der Waals surface area contributed by atoms with Gasteiger partial charge in [0.2, 0.25) is 0 Å². The van der Waals surface area contributed by atoms with E-state index in [2.05, 4.69) is 0 Å². The highest BCUT2D eigenvalue weighted by atomic mass is 32.2. The maximum Gasteiger partial charge on any atom is 0.410 e. The molecule has 1 aromatic carbocycles. The van der Waals surface area contributed by atoms with E-state index in [-0.39, 0.29) is 30.8 Å². The number of methoxy groups -OCH3 is 1. The molecule has 1 aromatic heterocycles. The molecule has 312 valence electrons. The van der Waals surface area contributed by atoms with Crippen molar-refractivity contribution < 1.29 is 48.0 Å². The number of benzene rings is 1. The van der Waals surface area contributed by atoms with Gasteiger partial charge >= 0.3 is 12.1 Å². The molecule has 56 heavy (non-hydrogen) atoms. The summed E-state index contributed by atoms with van der Waals surface area (Å²) < 4.78 is 33.2. The molecule has 4 heterocycles. The van der Waals surface area contributed by atoms with Crippen molar-refractivity contribution >= 4 is 56.9 Å². The Kier molecular flexibility index (Phi) is 14.4. The highest BCUT2D eigenvalue weighted by Crippen LogP contribution is 2.43. The van der Waals surface area contributed by atoms with Crippen molar-refractivity contribution in [1.82, 2.24) is 14.8 Å². The van der Waals surface area contributed by atoms with E-state index in [1.54, 1.807) is 55.7 Å². The van der Waals surface area contributed by atoms with Gasteiger partial charge in [-0.2, -0.15) is 0 Å². The van der Waals surface area contributed by atoms with E-state index in [0.29, 0.717) is 25.1 Å². The average molecular weight is 820 g/mol. The molecule has 0 radical (unpaired) electrons. The Morgan fingerprint density at radius 1 is 1.05 bits per heavy atom. The van der Waals surface area contributed by atoms with E-state index in [1.807, 2.05) is 64.0 Å². The van der Waals surface area contributed by atoms with Crippen molar-refractivity contribution in [3.63, 3.8) is 0 Å². The van der Waals surface area contributed by atoms with Crippen molar-refractivity contribution in [2.24, 2.45) is 23.7 Å². The number of hydrogen-bond donors (Lipinski definition) is 1. The number of Topliss-reactive ketones (excluding diaryl/α,β-unsaturated/α-hetero) is 2. The van der Waals surface area contributed by atoms with E-state index in [4.69, 9.17) is 28.7 Å². The Hall–Kier alpha value is -2.66. The van der Waals surface area contributed by atoms with Crippen LogP contribution < -0.4 is 0 Å². The number of nitrogens with zero attached hydrogens (tertiary/aromatic N) is 3. The minimum Gasteiger partial charge on any atom is -0.458 e. The number of amides is 1. The molecule has 0 saturated carbocycles. The number of thioether (sulfide) groups is 1. The number of carbonyl (C=O) groups excluding carboxylic acids is 4. The van der Waals surface area contributed by atoms with Gasteiger partial charge in [-0.25, -0.2) is 9.78 Å². The first-order valence-corrected chi connectivity index (χ1v) is 21.6. The monoisotopic (exact) mass is 819 g/mol. The topological polar surface area (TPSA) is 154 Å². The molecular formula is C41H61N3O10S2. The van der Waals surface area contributed by atoms with Crippen molar-refractivity contribution in [3.05, 3.63) is 24.3 Å². The lowest BCUT2D eigenvalue weighted by Crippen LogP contribution is -2.60. The first kappa shape index (κ1) is 44.4. The second kappa shape index (κ2) is 18.1. The van der Waals surface area contributed by atoms with Crippen LogP contribution in [0.2, 0.25) is 0 Å². The number of thiazole rings is 1. The Balaban J connectivity index is 1.46. The molecule has 2 aromatic rings. The van der Waals surface area contributed by atoms with Crippen LogP contribution in [0.4, 0.5) is 4.79 Å². The summed E-state index contributed by atoms with van der Waals surface area (Å²) in [4.78, 5) is 65.0. The third-order valence-corrected chi connectivity index (χ3v) is 14.5. The van der Waals surface area contributed by atoms with E-state index >= 15 is 0 Å². The van der Waals surface area contributed by atoms with Crippen LogP contribution in [0.25, 0.3) is 10.2 Å². The summed E-state index contributed by atoms with van der Waals surface area (Å²) in [5, 5.41) is 11.4. The van der Waals surface area contributed by atoms with Gasteiger partial charge in [-0.15, -0.1) is 11.3 Å². The standard InChI is InChI=1S/C41H61N3O10S2/c1-12-30-41(8)34(44(39(49)54-41)18-15-19-55-38-42-27-16-13-14-17-29(27)56-38)24(4)31(45)22(2)21-40(7,50-11)35(25(5)32(46)26(6)36(48)52-30)53-37-33(47)28(43(9)10)20-23(3)51-37/h13-14,16-17,22-26,28,30,33-35,37,47H,12,15,18-21H2,1-11H3/t22-,23-,24+,25+,26-,28+,30-,33-,34?,35-,37+,40+,41-/m1/s1. The molecule has 3 saturated heterocycles. The fourth-order valence-corrected chi connectivity index (χ4v) is 11.1. The molecule has 0 bridgehead atoms. The number of cyclic esters (lactones) is 1. The molecule has 1 unspecified atom stereocenters. The normalized spacial score (nSPS) is 37.7. The number of ketones is 2. The highest BCUT2D eigenvalue weighted by Gasteiger charge is 2.60. The first-order chi connectivity index (χ1) is 26.4. The number of aromatic nitrogens is 1. The SMILES string of the molecule is CC[C@H]1OC(=O)[C@H](C)C(=O)[C@H](C)[C@@H](O[C@@H]2O[C@H](C)C[C@H](N(C)C)[C@H]2O)[C@@](C)(OC)C[C@@H](C)C(=O)[C@H](C)C2N(CCCSc3nc4ccccc4s3)C(=O)O[C@@]21C. The Bertz CT molecular complexity index is 1690. The van der Waals surface area contributed by atoms with Gasteiger partial charge in [-0.1, -0.05) is 51.6 Å². The molecule has 0 aliphatic carbocycles. The fraction of sp³-hybridized carbons (Fsp3) is 0.732. The Labute approximate surface area is 339 Å². The predicted octanol–water partition coefficient (Wildman–Crippen LogP) is 5.98. The van der Waals surface area contributed by atoms with Gasteiger partial charge < -0.3 is 38.6 Å². The fourth-order valence-electron chi connectivity index (χ4n) is 9.02. The van der Waals surface area contributed by atoms with E-state index in [0.717, 1.165) is 14.6 Å². The maximum absolute atomic E-state index is 14.7. The summed E-state index contributed by atoms with van der Waals surface area (Å²) in [6.07, 6.45) is -3.40. The van der Waals surface area contributed by atoms with Crippen molar-refractivity contribution in [2.75, 3.05) is 33.5 Å². The largest absolute Gasteiger partial charge is 0.458 e. The van der Waals surface area contributed by atoms with Gasteiger partial charge in [0, 0.05) is 43.2 Å². The van der Waals surface area contributed by atoms with Crippen LogP contribution >= 0.6 is 23.1 Å². The molecule has 1 N–H and O–H groups in total. The molecule has 0 spiro atoms. The second-order valence-corrected chi connectivity index (χ2v) is 18.9. The molecule has 13 atom stereocenters. The zero-order valence-corrected chi connectivity index (χ0v) is 36.3. The van der Waals surface area contributed by atoms with Gasteiger partial charge in [-0.05, 0) is 79.6 Å². The lowest BCUT2D eigenvalue weighted by Gasteiger charge is -2.47. The molecule has 15 heteroatoms. The predicted molar refractivity (Wildman–Crippen MR) is 215 cm³/mol. The third kappa shape index (κ3) is 8.98. The summed E-state index contributed by atoms with van der Waals surface area (Å²) in [6, 6.07) is 6.92. The van der Waals surface area contributed by atoms with Gasteiger partial charge in [0.05, 0.1) is 34.1 Å². The zero-order chi connectivity index (χ0) is 41.3. The number of ether oxygens (including phenoxy) is 5. The van der Waals surface area contributed by atoms with Crippen LogP contribution in [-0.4, -0.2) is 131 Å². The second-order valence-electron chi connectivity index (χ2n) is 16.5. The zero-order valence-electron chi connectivity index (χ0n) is 34.7. The molecule has 3 aliphatic heterocycles. The van der Waals surface area contributed by atoms with Crippen LogP contribution in [0.15, 0.2) is 28.6 Å². The summed E-state index contributed by atoms with van der Waals surface area (Å²) in [5.74, 6) is -4.22. The smallest absolute Gasteiger partial charge is 0.410 e. The van der Waals surface area contributed by atoms with Crippen LogP contribution in [0.3, 0.4) is 0 Å². The first-order valence-electron chi connectivity index (χ1n) is 19.8. The number of aliphatic hydroxyl groups is 1. The number of likely N-dealkylation sites (N-methyl/N-ethyl adjacent to an activating group) is 1. The lowest BCUT2D eigenvalue weighted by atomic mass is 9.73. The van der Waals surface area contributed by atoms with Crippen molar-refractivity contribution in [2.45, 2.75) is 139 Å². The van der Waals surface area contributed by atoms with Crippen LogP contribution in [0.5, 0.6) is 0 Å². The number of rotatable bonds is 10. The number of carbonyl (C=O) groups is 4. The minimum atomic E-state index is -1.39. The minimum absolute atomic E-state index is 0.136.